The van der Waals surface area contributed by atoms with Crippen molar-refractivity contribution in [3.63, 3.8) is 0 Å². The molecule has 0 radical (unpaired) electrons. The third kappa shape index (κ3) is 4.89. The van der Waals surface area contributed by atoms with Gasteiger partial charge in [-0.05, 0) is 61.7 Å². The Labute approximate surface area is 149 Å². The first-order valence-corrected chi connectivity index (χ1v) is 8.28. The van der Waals surface area contributed by atoms with E-state index in [1.165, 1.54) is 17.7 Å². The van der Waals surface area contributed by atoms with Crippen molar-refractivity contribution in [2.75, 3.05) is 19.6 Å². The molecule has 0 saturated carbocycles. The summed E-state index contributed by atoms with van der Waals surface area (Å²) in [6, 6.07) is 16.5. The van der Waals surface area contributed by atoms with Crippen LogP contribution in [0.3, 0.4) is 0 Å². The number of halogens is 2. The summed E-state index contributed by atoms with van der Waals surface area (Å²) in [5.74, 6) is 0.431. The molecule has 1 aliphatic heterocycles. The van der Waals surface area contributed by atoms with Gasteiger partial charge < -0.3 is 4.90 Å². The van der Waals surface area contributed by atoms with E-state index in [4.69, 9.17) is 0 Å². The first kappa shape index (κ1) is 18.6. The number of likely N-dealkylation sites (tertiary alicyclic amines) is 1. The van der Waals surface area contributed by atoms with Crippen LogP contribution < -0.4 is 0 Å². The molecular formula is C20H23ClFNO. The molecule has 0 aromatic heterocycles. The van der Waals surface area contributed by atoms with Crippen LogP contribution in [0.4, 0.5) is 4.39 Å². The summed E-state index contributed by atoms with van der Waals surface area (Å²) in [7, 11) is 0. The first-order valence-electron chi connectivity index (χ1n) is 8.28. The van der Waals surface area contributed by atoms with E-state index >= 15 is 0 Å². The highest BCUT2D eigenvalue weighted by Gasteiger charge is 2.20. The topological polar surface area (TPSA) is 20.3 Å². The number of benzene rings is 2. The second-order valence-electron chi connectivity index (χ2n) is 6.21. The monoisotopic (exact) mass is 347 g/mol. The van der Waals surface area contributed by atoms with Gasteiger partial charge in [0.2, 0.25) is 0 Å². The van der Waals surface area contributed by atoms with Crippen molar-refractivity contribution in [3.8, 4) is 0 Å². The molecule has 0 N–H and O–H groups in total. The number of hydrogen-bond donors (Lipinski definition) is 0. The van der Waals surface area contributed by atoms with Crippen LogP contribution in [0.15, 0.2) is 54.6 Å². The molecule has 1 aliphatic rings. The second kappa shape index (κ2) is 8.95. The Hall–Kier alpha value is -1.71. The lowest BCUT2D eigenvalue weighted by molar-refractivity contribution is 0.0956. The Balaban J connectivity index is 0.00000208. The summed E-state index contributed by atoms with van der Waals surface area (Å²) in [6.45, 7) is 2.87. The number of nitrogens with zero attached hydrogens (tertiary/aromatic N) is 1. The van der Waals surface area contributed by atoms with Crippen LogP contribution in [0.25, 0.3) is 0 Å². The summed E-state index contributed by atoms with van der Waals surface area (Å²) in [5, 5.41) is 0. The van der Waals surface area contributed by atoms with Gasteiger partial charge >= 0.3 is 0 Å². The smallest absolute Gasteiger partial charge is 0.164 e. The van der Waals surface area contributed by atoms with Gasteiger partial charge in [0.15, 0.2) is 5.78 Å². The highest BCUT2D eigenvalue weighted by Crippen LogP contribution is 2.27. The average Bonchev–Trinajstić information content (AvgIpc) is 2.61. The molecule has 0 aliphatic carbocycles. The molecule has 0 unspecified atom stereocenters. The molecule has 0 amide bonds. The molecule has 4 heteroatoms. The van der Waals surface area contributed by atoms with Gasteiger partial charge in [-0.15, -0.1) is 12.4 Å². The van der Waals surface area contributed by atoms with E-state index in [0.717, 1.165) is 32.5 Å². The van der Waals surface area contributed by atoms with Crippen molar-refractivity contribution in [1.29, 1.82) is 0 Å². The lowest BCUT2D eigenvalue weighted by Gasteiger charge is -2.32. The average molecular weight is 348 g/mol. The van der Waals surface area contributed by atoms with Crippen LogP contribution in [0, 0.1) is 5.82 Å². The molecule has 2 aromatic rings. The summed E-state index contributed by atoms with van der Waals surface area (Å²) >= 11 is 0. The number of Topliss-reactive ketones (excluding diaryl/α,β-unsaturated/α-hetero) is 1. The van der Waals surface area contributed by atoms with Crippen molar-refractivity contribution >= 4 is 18.2 Å². The lowest BCUT2D eigenvalue weighted by Crippen LogP contribution is -2.34. The van der Waals surface area contributed by atoms with Crippen LogP contribution in [0.2, 0.25) is 0 Å². The maximum Gasteiger partial charge on any atom is 0.164 e. The predicted octanol–water partition coefficient (Wildman–Crippen LogP) is 4.70. The first-order chi connectivity index (χ1) is 11.2. The minimum Gasteiger partial charge on any atom is -0.303 e. The van der Waals surface area contributed by atoms with E-state index in [1.54, 1.807) is 12.1 Å². The Morgan fingerprint density at radius 2 is 1.62 bits per heavy atom. The molecule has 128 valence electrons. The van der Waals surface area contributed by atoms with Crippen LogP contribution in [-0.2, 0) is 0 Å². The fourth-order valence-corrected chi connectivity index (χ4v) is 3.25. The molecule has 1 saturated heterocycles. The van der Waals surface area contributed by atoms with Crippen molar-refractivity contribution in [1.82, 2.24) is 4.90 Å². The van der Waals surface area contributed by atoms with E-state index in [1.807, 2.05) is 0 Å². The Kier molecular flexibility index (Phi) is 6.95. The molecular weight excluding hydrogens is 325 g/mol. The van der Waals surface area contributed by atoms with Gasteiger partial charge in [-0.25, -0.2) is 4.39 Å². The van der Waals surface area contributed by atoms with Crippen molar-refractivity contribution in [2.45, 2.75) is 25.2 Å². The zero-order valence-electron chi connectivity index (χ0n) is 13.7. The second-order valence-corrected chi connectivity index (χ2v) is 6.21. The summed E-state index contributed by atoms with van der Waals surface area (Å²) in [5.41, 5.74) is 2.03. The molecule has 2 nitrogen and oxygen atoms in total. The third-order valence-electron chi connectivity index (χ3n) is 4.68. The highest BCUT2D eigenvalue weighted by atomic mass is 35.5. The van der Waals surface area contributed by atoms with Gasteiger partial charge in [-0.2, -0.15) is 0 Å². The number of carbonyl (C=O) groups excluding carboxylic acids is 1. The lowest BCUT2D eigenvalue weighted by atomic mass is 9.89. The van der Waals surface area contributed by atoms with Crippen molar-refractivity contribution in [2.24, 2.45) is 0 Å². The van der Waals surface area contributed by atoms with E-state index < -0.39 is 0 Å². The minimum absolute atomic E-state index is 0. The van der Waals surface area contributed by atoms with Crippen molar-refractivity contribution in [3.05, 3.63) is 71.5 Å². The van der Waals surface area contributed by atoms with Crippen molar-refractivity contribution < 1.29 is 9.18 Å². The van der Waals surface area contributed by atoms with Crippen LogP contribution in [-0.4, -0.2) is 30.3 Å². The molecule has 24 heavy (non-hydrogen) atoms. The number of rotatable bonds is 5. The number of piperidine rings is 1. The van der Waals surface area contributed by atoms with Gasteiger partial charge in [0.1, 0.15) is 5.82 Å². The maximum absolute atomic E-state index is 12.9. The zero-order chi connectivity index (χ0) is 16.1. The molecule has 1 fully saturated rings. The van der Waals surface area contributed by atoms with E-state index in [0.29, 0.717) is 17.9 Å². The predicted molar refractivity (Wildman–Crippen MR) is 97.5 cm³/mol. The molecule has 0 atom stereocenters. The third-order valence-corrected chi connectivity index (χ3v) is 4.68. The minimum atomic E-state index is -0.301. The maximum atomic E-state index is 12.9. The fourth-order valence-electron chi connectivity index (χ4n) is 3.25. The van der Waals surface area contributed by atoms with Gasteiger partial charge in [0.25, 0.3) is 0 Å². The quantitative estimate of drug-likeness (QED) is 0.731. The Morgan fingerprint density at radius 3 is 2.25 bits per heavy atom. The number of ketones is 1. The van der Waals surface area contributed by atoms with Gasteiger partial charge in [0.05, 0.1) is 0 Å². The Bertz CT molecular complexity index is 636. The highest BCUT2D eigenvalue weighted by molar-refractivity contribution is 5.96. The van der Waals surface area contributed by atoms with Gasteiger partial charge in [-0.3, -0.25) is 4.79 Å². The van der Waals surface area contributed by atoms with E-state index in [-0.39, 0.29) is 24.0 Å². The fraction of sp³-hybridized carbons (Fsp3) is 0.350. The van der Waals surface area contributed by atoms with Gasteiger partial charge in [0, 0.05) is 18.5 Å². The van der Waals surface area contributed by atoms with Crippen LogP contribution >= 0.6 is 12.4 Å². The SMILES string of the molecule is Cl.O=C(CCN1CCC(c2ccccc2)CC1)c1ccc(F)cc1. The number of carbonyl (C=O) groups is 1. The van der Waals surface area contributed by atoms with Crippen LogP contribution in [0.5, 0.6) is 0 Å². The molecule has 0 bridgehead atoms. The normalized spacial score (nSPS) is 15.7. The largest absolute Gasteiger partial charge is 0.303 e. The van der Waals surface area contributed by atoms with Crippen LogP contribution in [0.1, 0.15) is 41.1 Å². The summed E-state index contributed by atoms with van der Waals surface area (Å²) in [4.78, 5) is 14.5. The zero-order valence-corrected chi connectivity index (χ0v) is 14.5. The molecule has 0 spiro atoms. The van der Waals surface area contributed by atoms with E-state index in [9.17, 15) is 9.18 Å². The summed E-state index contributed by atoms with van der Waals surface area (Å²) in [6.07, 6.45) is 2.80. The van der Waals surface area contributed by atoms with Gasteiger partial charge in [-0.1, -0.05) is 30.3 Å². The Morgan fingerprint density at radius 1 is 1.00 bits per heavy atom. The number of hydrogen-bond acceptors (Lipinski definition) is 2. The molecule has 1 heterocycles. The van der Waals surface area contributed by atoms with E-state index in [2.05, 4.69) is 35.2 Å². The molecule has 3 rings (SSSR count). The summed E-state index contributed by atoms with van der Waals surface area (Å²) < 4.78 is 12.9. The molecule has 2 aromatic carbocycles. The standard InChI is InChI=1S/C20H22FNO.ClH/c21-19-8-6-18(7-9-19)20(23)12-15-22-13-10-17(11-14-22)16-4-2-1-3-5-16;/h1-9,17H,10-15H2;1H.